The average Bonchev–Trinajstić information content (AvgIpc) is 2.80. The molecule has 0 N–H and O–H groups in total. The summed E-state index contributed by atoms with van der Waals surface area (Å²) in [5, 5.41) is 11.2. The standard InChI is InChI=1S/C20H19ClN2O3/c1-19(2)16-6-4-5-7-17(16)22(3)20(19)9-8-13-10-15(23(24)25)11-14(12-21)18(13)26-20/h4-11H,12H2,1-3H3. The van der Waals surface area contributed by atoms with Crippen LogP contribution in [0, 0.1) is 10.1 Å². The lowest BCUT2D eigenvalue weighted by Gasteiger charge is -2.46. The second-order valence-electron chi connectivity index (χ2n) is 7.25. The van der Waals surface area contributed by atoms with Gasteiger partial charge < -0.3 is 9.64 Å². The fraction of sp³-hybridized carbons (Fsp3) is 0.300. The zero-order chi connectivity index (χ0) is 18.7. The van der Waals surface area contributed by atoms with Gasteiger partial charge in [0, 0.05) is 36.0 Å². The van der Waals surface area contributed by atoms with Gasteiger partial charge in [0.25, 0.3) is 5.69 Å². The van der Waals surface area contributed by atoms with Gasteiger partial charge in [0.2, 0.25) is 5.72 Å². The van der Waals surface area contributed by atoms with E-state index in [4.69, 9.17) is 16.3 Å². The summed E-state index contributed by atoms with van der Waals surface area (Å²) in [5.74, 6) is 0.756. The number of alkyl halides is 1. The van der Waals surface area contributed by atoms with E-state index in [0.29, 0.717) is 16.9 Å². The van der Waals surface area contributed by atoms with E-state index in [1.807, 2.05) is 31.3 Å². The van der Waals surface area contributed by atoms with Crippen molar-refractivity contribution in [1.29, 1.82) is 0 Å². The second kappa shape index (κ2) is 5.48. The lowest BCUT2D eigenvalue weighted by Crippen LogP contribution is -2.58. The molecule has 1 unspecified atom stereocenters. The maximum Gasteiger partial charge on any atom is 0.270 e. The van der Waals surface area contributed by atoms with Crippen LogP contribution in [-0.2, 0) is 11.3 Å². The van der Waals surface area contributed by atoms with Gasteiger partial charge in [0.05, 0.1) is 16.2 Å². The summed E-state index contributed by atoms with van der Waals surface area (Å²) in [7, 11) is 2.01. The van der Waals surface area contributed by atoms with E-state index in [-0.39, 0.29) is 17.0 Å². The minimum atomic E-state index is -0.722. The predicted octanol–water partition coefficient (Wildman–Crippen LogP) is 4.86. The number of para-hydroxylation sites is 1. The maximum absolute atomic E-state index is 11.2. The normalized spacial score (nSPS) is 22.1. The summed E-state index contributed by atoms with van der Waals surface area (Å²) in [4.78, 5) is 12.9. The molecule has 0 aliphatic carbocycles. The van der Waals surface area contributed by atoms with Crippen LogP contribution in [0.5, 0.6) is 5.75 Å². The molecular formula is C20H19ClN2O3. The van der Waals surface area contributed by atoms with Crippen LogP contribution in [0.4, 0.5) is 11.4 Å². The van der Waals surface area contributed by atoms with Crippen LogP contribution < -0.4 is 9.64 Å². The number of nitrogens with zero attached hydrogens (tertiary/aromatic N) is 2. The van der Waals surface area contributed by atoms with Gasteiger partial charge in [0.1, 0.15) is 5.75 Å². The number of hydrogen-bond donors (Lipinski definition) is 0. The molecule has 26 heavy (non-hydrogen) atoms. The number of hydrogen-bond acceptors (Lipinski definition) is 4. The molecule has 2 heterocycles. The van der Waals surface area contributed by atoms with Gasteiger partial charge in [0.15, 0.2) is 0 Å². The number of ether oxygens (including phenoxy) is 1. The minimum Gasteiger partial charge on any atom is -0.462 e. The topological polar surface area (TPSA) is 55.6 Å². The average molecular weight is 371 g/mol. The van der Waals surface area contributed by atoms with Crippen LogP contribution in [0.1, 0.15) is 30.5 Å². The Hall–Kier alpha value is -2.53. The van der Waals surface area contributed by atoms with E-state index >= 15 is 0 Å². The summed E-state index contributed by atoms with van der Waals surface area (Å²) >= 11 is 6.09. The fourth-order valence-electron chi connectivity index (χ4n) is 4.14. The van der Waals surface area contributed by atoms with Gasteiger partial charge in [-0.15, -0.1) is 11.6 Å². The predicted molar refractivity (Wildman–Crippen MR) is 103 cm³/mol. The van der Waals surface area contributed by atoms with Crippen molar-refractivity contribution in [3.8, 4) is 5.75 Å². The first kappa shape index (κ1) is 16.9. The minimum absolute atomic E-state index is 0.0194. The van der Waals surface area contributed by atoms with E-state index in [2.05, 4.69) is 30.9 Å². The molecule has 1 spiro atoms. The number of non-ortho nitro benzene ring substituents is 1. The molecule has 0 amide bonds. The summed E-state index contributed by atoms with van der Waals surface area (Å²) in [5.41, 5.74) is 2.59. The maximum atomic E-state index is 11.2. The second-order valence-corrected chi connectivity index (χ2v) is 7.51. The van der Waals surface area contributed by atoms with E-state index in [0.717, 1.165) is 5.69 Å². The first-order chi connectivity index (χ1) is 12.3. The lowest BCUT2D eigenvalue weighted by atomic mass is 9.76. The number of nitro groups is 1. The third-order valence-corrected chi connectivity index (χ3v) is 5.90. The Labute approximate surface area is 157 Å². The Morgan fingerprint density at radius 2 is 2.00 bits per heavy atom. The van der Waals surface area contributed by atoms with Gasteiger partial charge in [-0.25, -0.2) is 0 Å². The third-order valence-electron chi connectivity index (χ3n) is 5.61. The van der Waals surface area contributed by atoms with Crippen molar-refractivity contribution in [2.45, 2.75) is 30.9 Å². The number of anilines is 1. The van der Waals surface area contributed by atoms with Crippen molar-refractivity contribution in [3.05, 3.63) is 69.3 Å². The molecule has 0 radical (unpaired) electrons. The molecule has 0 bridgehead atoms. The van der Waals surface area contributed by atoms with E-state index in [9.17, 15) is 10.1 Å². The molecule has 0 aromatic heterocycles. The summed E-state index contributed by atoms with van der Waals surface area (Å²) in [6.45, 7) is 4.30. The highest BCUT2D eigenvalue weighted by Gasteiger charge is 2.57. The summed E-state index contributed by atoms with van der Waals surface area (Å²) in [6, 6.07) is 11.3. The van der Waals surface area contributed by atoms with Crippen molar-refractivity contribution >= 4 is 29.1 Å². The Balaban J connectivity index is 1.89. The molecule has 6 heteroatoms. The van der Waals surface area contributed by atoms with Crippen LogP contribution in [0.3, 0.4) is 0 Å². The molecule has 5 nitrogen and oxygen atoms in total. The van der Waals surface area contributed by atoms with Crippen molar-refractivity contribution < 1.29 is 9.66 Å². The highest BCUT2D eigenvalue weighted by Crippen LogP contribution is 2.54. The van der Waals surface area contributed by atoms with Crippen LogP contribution in [0.2, 0.25) is 0 Å². The highest BCUT2D eigenvalue weighted by molar-refractivity contribution is 6.17. The van der Waals surface area contributed by atoms with Gasteiger partial charge >= 0.3 is 0 Å². The molecule has 0 saturated heterocycles. The van der Waals surface area contributed by atoms with Gasteiger partial charge in [-0.05, 0) is 37.6 Å². The fourth-order valence-corrected chi connectivity index (χ4v) is 4.34. The highest BCUT2D eigenvalue weighted by atomic mass is 35.5. The first-order valence-corrected chi connectivity index (χ1v) is 8.94. The van der Waals surface area contributed by atoms with Crippen molar-refractivity contribution in [1.82, 2.24) is 0 Å². The molecule has 134 valence electrons. The molecule has 2 aromatic carbocycles. The van der Waals surface area contributed by atoms with Gasteiger partial charge in [-0.2, -0.15) is 0 Å². The quantitative estimate of drug-likeness (QED) is 0.430. The van der Waals surface area contributed by atoms with Gasteiger partial charge in [-0.3, -0.25) is 10.1 Å². The van der Waals surface area contributed by atoms with Crippen molar-refractivity contribution in [3.63, 3.8) is 0 Å². The first-order valence-electron chi connectivity index (χ1n) is 8.40. The van der Waals surface area contributed by atoms with Crippen molar-refractivity contribution in [2.24, 2.45) is 0 Å². The molecule has 4 rings (SSSR count). The Bertz CT molecular complexity index is 954. The molecule has 2 aromatic rings. The van der Waals surface area contributed by atoms with Gasteiger partial charge in [-0.1, -0.05) is 18.2 Å². The van der Waals surface area contributed by atoms with E-state index in [1.54, 1.807) is 0 Å². The number of halogens is 1. The Kier molecular flexibility index (Phi) is 3.57. The Morgan fingerprint density at radius 3 is 2.65 bits per heavy atom. The molecular weight excluding hydrogens is 352 g/mol. The molecule has 1 atom stereocenters. The number of nitro benzene ring substituents is 1. The van der Waals surface area contributed by atoms with E-state index in [1.165, 1.54) is 17.7 Å². The van der Waals surface area contributed by atoms with Crippen molar-refractivity contribution in [2.75, 3.05) is 11.9 Å². The zero-order valence-electron chi connectivity index (χ0n) is 14.8. The number of fused-ring (bicyclic) bond motifs is 2. The van der Waals surface area contributed by atoms with Crippen LogP contribution >= 0.6 is 11.6 Å². The zero-order valence-corrected chi connectivity index (χ0v) is 15.6. The lowest BCUT2D eigenvalue weighted by molar-refractivity contribution is -0.385. The molecule has 2 aliphatic heterocycles. The van der Waals surface area contributed by atoms with Crippen LogP contribution in [0.25, 0.3) is 6.08 Å². The SMILES string of the molecule is CN1c2ccccc2C(C)(C)C12C=Cc1cc([N+](=O)[O-])cc(CCl)c1O2. The smallest absolute Gasteiger partial charge is 0.270 e. The monoisotopic (exact) mass is 370 g/mol. The number of likely N-dealkylation sites (N-methyl/N-ethyl adjacent to an activating group) is 1. The molecule has 0 saturated carbocycles. The van der Waals surface area contributed by atoms with E-state index < -0.39 is 10.6 Å². The third kappa shape index (κ3) is 2.04. The molecule has 2 aliphatic rings. The Morgan fingerprint density at radius 1 is 1.27 bits per heavy atom. The number of rotatable bonds is 2. The largest absolute Gasteiger partial charge is 0.462 e. The molecule has 0 fully saturated rings. The summed E-state index contributed by atoms with van der Waals surface area (Å²) in [6.07, 6.45) is 3.91. The van der Waals surface area contributed by atoms with Crippen LogP contribution in [-0.4, -0.2) is 17.7 Å². The number of benzene rings is 2. The van der Waals surface area contributed by atoms with Crippen LogP contribution in [0.15, 0.2) is 42.5 Å². The summed E-state index contributed by atoms with van der Waals surface area (Å²) < 4.78 is 6.58.